The van der Waals surface area contributed by atoms with E-state index in [-0.39, 0.29) is 0 Å². The van der Waals surface area contributed by atoms with E-state index in [0.717, 1.165) is 34.1 Å². The number of hydrazone groups is 1. The summed E-state index contributed by atoms with van der Waals surface area (Å²) in [6, 6.07) is 28.8. The maximum atomic E-state index is 6.10. The van der Waals surface area contributed by atoms with Crippen molar-refractivity contribution in [1.82, 2.24) is 0 Å². The standard InChI is InChI=1S/C24H23ClN2/c25-22-14-16-23(17-15-22)27(18-19-8-7-9-19)26-24(20-10-3-1-4-11-20)21-12-5-2-6-13-21/h1-6,10-17,19H,7-9,18H2. The molecule has 0 saturated heterocycles. The first-order valence-electron chi connectivity index (χ1n) is 9.52. The van der Waals surface area contributed by atoms with Crippen molar-refractivity contribution >= 4 is 23.0 Å². The molecule has 0 aromatic heterocycles. The minimum Gasteiger partial charge on any atom is -0.265 e. The van der Waals surface area contributed by atoms with Gasteiger partial charge in [0, 0.05) is 22.7 Å². The van der Waals surface area contributed by atoms with Crippen LogP contribution in [0.25, 0.3) is 0 Å². The van der Waals surface area contributed by atoms with Gasteiger partial charge in [0.15, 0.2) is 0 Å². The number of rotatable bonds is 6. The molecular formula is C24H23ClN2. The first-order valence-corrected chi connectivity index (χ1v) is 9.90. The third kappa shape index (κ3) is 4.40. The van der Waals surface area contributed by atoms with E-state index in [0.29, 0.717) is 5.92 Å². The summed E-state index contributed by atoms with van der Waals surface area (Å²) >= 11 is 6.10. The summed E-state index contributed by atoms with van der Waals surface area (Å²) in [5, 5.41) is 8.04. The zero-order chi connectivity index (χ0) is 18.5. The molecule has 2 nitrogen and oxygen atoms in total. The summed E-state index contributed by atoms with van der Waals surface area (Å²) in [5.74, 6) is 0.706. The van der Waals surface area contributed by atoms with Crippen LogP contribution in [-0.2, 0) is 0 Å². The smallest absolute Gasteiger partial charge is 0.0980 e. The van der Waals surface area contributed by atoms with Crippen molar-refractivity contribution in [3.05, 3.63) is 101 Å². The van der Waals surface area contributed by atoms with Crippen LogP contribution in [0.4, 0.5) is 5.69 Å². The molecule has 3 aromatic rings. The average Bonchev–Trinajstić information content (AvgIpc) is 2.69. The highest BCUT2D eigenvalue weighted by atomic mass is 35.5. The fraction of sp³-hybridized carbons (Fsp3) is 0.208. The van der Waals surface area contributed by atoms with Crippen LogP contribution in [0.1, 0.15) is 30.4 Å². The molecule has 0 bridgehead atoms. The van der Waals surface area contributed by atoms with Crippen molar-refractivity contribution in [2.45, 2.75) is 19.3 Å². The molecule has 0 spiro atoms. The minimum absolute atomic E-state index is 0.706. The van der Waals surface area contributed by atoms with Crippen molar-refractivity contribution in [3.63, 3.8) is 0 Å². The minimum atomic E-state index is 0.706. The van der Waals surface area contributed by atoms with Crippen molar-refractivity contribution in [2.75, 3.05) is 11.6 Å². The van der Waals surface area contributed by atoms with E-state index in [1.165, 1.54) is 19.3 Å². The number of hydrogen-bond acceptors (Lipinski definition) is 2. The Balaban J connectivity index is 1.77. The summed E-state index contributed by atoms with van der Waals surface area (Å²) in [7, 11) is 0. The number of nitrogens with zero attached hydrogens (tertiary/aromatic N) is 2. The van der Waals surface area contributed by atoms with E-state index in [2.05, 4.69) is 65.7 Å². The topological polar surface area (TPSA) is 15.6 Å². The molecule has 0 heterocycles. The van der Waals surface area contributed by atoms with Crippen LogP contribution >= 0.6 is 11.6 Å². The van der Waals surface area contributed by atoms with Crippen LogP contribution in [0.2, 0.25) is 5.02 Å². The van der Waals surface area contributed by atoms with Gasteiger partial charge in [0.1, 0.15) is 0 Å². The first-order chi connectivity index (χ1) is 13.3. The molecule has 3 aromatic carbocycles. The normalized spacial score (nSPS) is 13.7. The van der Waals surface area contributed by atoms with Gasteiger partial charge in [-0.2, -0.15) is 5.10 Å². The fourth-order valence-corrected chi connectivity index (χ4v) is 3.46. The van der Waals surface area contributed by atoms with E-state index in [4.69, 9.17) is 16.7 Å². The Morgan fingerprint density at radius 2 is 1.37 bits per heavy atom. The van der Waals surface area contributed by atoms with Gasteiger partial charge in [-0.3, -0.25) is 5.01 Å². The van der Waals surface area contributed by atoms with Crippen molar-refractivity contribution in [1.29, 1.82) is 0 Å². The second kappa shape index (κ2) is 8.41. The molecule has 0 amide bonds. The highest BCUT2D eigenvalue weighted by molar-refractivity contribution is 6.30. The number of anilines is 1. The van der Waals surface area contributed by atoms with Crippen LogP contribution in [0.15, 0.2) is 90.0 Å². The molecule has 4 rings (SSSR count). The molecule has 3 heteroatoms. The van der Waals surface area contributed by atoms with E-state index >= 15 is 0 Å². The first kappa shape index (κ1) is 17.8. The Morgan fingerprint density at radius 1 is 0.815 bits per heavy atom. The predicted molar refractivity (Wildman–Crippen MR) is 115 cm³/mol. The number of hydrogen-bond donors (Lipinski definition) is 0. The fourth-order valence-electron chi connectivity index (χ4n) is 3.33. The molecule has 1 aliphatic rings. The van der Waals surface area contributed by atoms with Gasteiger partial charge in [0.2, 0.25) is 0 Å². The second-order valence-electron chi connectivity index (χ2n) is 7.04. The third-order valence-corrected chi connectivity index (χ3v) is 5.35. The number of halogens is 1. The molecule has 0 N–H and O–H groups in total. The highest BCUT2D eigenvalue weighted by Crippen LogP contribution is 2.30. The Hall–Kier alpha value is -2.58. The average molecular weight is 375 g/mol. The zero-order valence-corrected chi connectivity index (χ0v) is 16.0. The summed E-state index contributed by atoms with van der Waals surface area (Å²) in [6.07, 6.45) is 3.89. The molecular weight excluding hydrogens is 352 g/mol. The van der Waals surface area contributed by atoms with Crippen LogP contribution in [0.5, 0.6) is 0 Å². The van der Waals surface area contributed by atoms with Crippen LogP contribution in [0, 0.1) is 5.92 Å². The Morgan fingerprint density at radius 3 is 1.85 bits per heavy atom. The lowest BCUT2D eigenvalue weighted by atomic mass is 9.85. The van der Waals surface area contributed by atoms with Crippen LogP contribution in [0.3, 0.4) is 0 Å². The molecule has 0 aliphatic heterocycles. The van der Waals surface area contributed by atoms with E-state index in [1.54, 1.807) is 0 Å². The third-order valence-electron chi connectivity index (χ3n) is 5.10. The highest BCUT2D eigenvalue weighted by Gasteiger charge is 2.22. The van der Waals surface area contributed by atoms with E-state index in [1.807, 2.05) is 24.3 Å². The van der Waals surface area contributed by atoms with E-state index < -0.39 is 0 Å². The molecule has 0 atom stereocenters. The molecule has 0 unspecified atom stereocenters. The largest absolute Gasteiger partial charge is 0.265 e. The molecule has 27 heavy (non-hydrogen) atoms. The van der Waals surface area contributed by atoms with Gasteiger partial charge in [-0.25, -0.2) is 0 Å². The number of benzene rings is 3. The molecule has 0 radical (unpaired) electrons. The molecule has 1 saturated carbocycles. The Labute approximate surface area is 166 Å². The quantitative estimate of drug-likeness (QED) is 0.360. The van der Waals surface area contributed by atoms with Gasteiger partial charge in [-0.1, -0.05) is 78.7 Å². The lowest BCUT2D eigenvalue weighted by Gasteiger charge is -2.31. The zero-order valence-electron chi connectivity index (χ0n) is 15.3. The monoisotopic (exact) mass is 374 g/mol. The summed E-state index contributed by atoms with van der Waals surface area (Å²) < 4.78 is 0. The van der Waals surface area contributed by atoms with Gasteiger partial charge in [-0.15, -0.1) is 0 Å². The van der Waals surface area contributed by atoms with Crippen LogP contribution in [-0.4, -0.2) is 12.3 Å². The summed E-state index contributed by atoms with van der Waals surface area (Å²) in [6.45, 7) is 0.935. The van der Waals surface area contributed by atoms with Crippen molar-refractivity contribution in [3.8, 4) is 0 Å². The van der Waals surface area contributed by atoms with E-state index in [9.17, 15) is 0 Å². The summed E-state index contributed by atoms with van der Waals surface area (Å²) in [4.78, 5) is 0. The Kier molecular flexibility index (Phi) is 5.55. The lowest BCUT2D eigenvalue weighted by molar-refractivity contribution is 0.318. The van der Waals surface area contributed by atoms with Gasteiger partial charge in [-0.05, 0) is 43.0 Å². The predicted octanol–water partition coefficient (Wildman–Crippen LogP) is 6.40. The van der Waals surface area contributed by atoms with Crippen molar-refractivity contribution < 1.29 is 0 Å². The second-order valence-corrected chi connectivity index (χ2v) is 7.47. The van der Waals surface area contributed by atoms with Crippen molar-refractivity contribution in [2.24, 2.45) is 11.0 Å². The van der Waals surface area contributed by atoms with Crippen LogP contribution < -0.4 is 5.01 Å². The maximum absolute atomic E-state index is 6.10. The molecule has 136 valence electrons. The maximum Gasteiger partial charge on any atom is 0.0980 e. The molecule has 1 fully saturated rings. The van der Waals surface area contributed by atoms with Gasteiger partial charge in [0.25, 0.3) is 0 Å². The SMILES string of the molecule is Clc1ccc(N(CC2CCC2)N=C(c2ccccc2)c2ccccc2)cc1. The summed E-state index contributed by atoms with van der Waals surface area (Å²) in [5.41, 5.74) is 4.31. The van der Waals surface area contributed by atoms with Gasteiger partial charge in [0.05, 0.1) is 11.4 Å². The Bertz CT molecular complexity index is 843. The van der Waals surface area contributed by atoms with Gasteiger partial charge < -0.3 is 0 Å². The molecule has 1 aliphatic carbocycles. The van der Waals surface area contributed by atoms with Gasteiger partial charge >= 0.3 is 0 Å². The lowest BCUT2D eigenvalue weighted by Crippen LogP contribution is -2.30.